The number of aliphatic hydroxyl groups is 1. The quantitative estimate of drug-likeness (QED) is 0.886. The first-order chi connectivity index (χ1) is 6.63. The monoisotopic (exact) mass is 277 g/mol. The lowest BCUT2D eigenvalue weighted by Gasteiger charge is -2.12. The third-order valence-electron chi connectivity index (χ3n) is 1.93. The molecule has 1 atom stereocenters. The van der Waals surface area contributed by atoms with Gasteiger partial charge in [0, 0.05) is 21.7 Å². The van der Waals surface area contributed by atoms with Gasteiger partial charge in [-0.25, -0.2) is 0 Å². The van der Waals surface area contributed by atoms with Gasteiger partial charge in [-0.05, 0) is 40.5 Å². The minimum Gasteiger partial charge on any atom is -0.391 e. The predicted molar refractivity (Wildman–Crippen MR) is 63.9 cm³/mol. The molecule has 78 valence electrons. The van der Waals surface area contributed by atoms with Gasteiger partial charge in [-0.1, -0.05) is 18.5 Å². The largest absolute Gasteiger partial charge is 0.391 e. The number of rotatable bonds is 4. The van der Waals surface area contributed by atoms with Crippen molar-refractivity contribution >= 4 is 33.2 Å². The van der Waals surface area contributed by atoms with Crippen LogP contribution in [0.2, 0.25) is 5.02 Å². The van der Waals surface area contributed by atoms with E-state index in [1.165, 1.54) is 0 Å². The summed E-state index contributed by atoms with van der Waals surface area (Å²) in [7, 11) is 0. The fourth-order valence-corrected chi connectivity index (χ4v) is 1.83. The molecule has 2 N–H and O–H groups in total. The molecule has 0 aliphatic carbocycles. The highest BCUT2D eigenvalue weighted by Crippen LogP contribution is 2.25. The van der Waals surface area contributed by atoms with Crippen LogP contribution < -0.4 is 5.32 Å². The Morgan fingerprint density at radius 3 is 2.86 bits per heavy atom. The second kappa shape index (κ2) is 5.59. The van der Waals surface area contributed by atoms with Crippen LogP contribution in [0.1, 0.15) is 13.3 Å². The topological polar surface area (TPSA) is 32.3 Å². The number of benzene rings is 1. The lowest BCUT2D eigenvalue weighted by molar-refractivity contribution is 0.183. The summed E-state index contributed by atoms with van der Waals surface area (Å²) in [5, 5.41) is 13.2. The van der Waals surface area contributed by atoms with Gasteiger partial charge in [0.1, 0.15) is 0 Å². The van der Waals surface area contributed by atoms with Gasteiger partial charge in [0.25, 0.3) is 0 Å². The summed E-state index contributed by atoms with van der Waals surface area (Å²) in [4.78, 5) is 0. The first-order valence-electron chi connectivity index (χ1n) is 4.50. The van der Waals surface area contributed by atoms with Gasteiger partial charge in [0.15, 0.2) is 0 Å². The number of hydrogen-bond acceptors (Lipinski definition) is 2. The molecule has 0 heterocycles. The normalized spacial score (nSPS) is 12.6. The maximum absolute atomic E-state index is 9.36. The summed E-state index contributed by atoms with van der Waals surface area (Å²) in [6.07, 6.45) is 0.440. The Labute approximate surface area is 97.4 Å². The molecule has 0 fully saturated rings. The molecule has 0 bridgehead atoms. The molecule has 1 unspecified atom stereocenters. The van der Waals surface area contributed by atoms with Crippen LogP contribution in [0.4, 0.5) is 5.69 Å². The Bertz CT molecular complexity index is 306. The lowest BCUT2D eigenvalue weighted by atomic mass is 10.2. The van der Waals surface area contributed by atoms with Crippen molar-refractivity contribution in [2.45, 2.75) is 19.4 Å². The van der Waals surface area contributed by atoms with Crippen LogP contribution in [0.15, 0.2) is 22.7 Å². The van der Waals surface area contributed by atoms with Gasteiger partial charge >= 0.3 is 0 Å². The number of anilines is 1. The Kier molecular flexibility index (Phi) is 4.72. The third-order valence-corrected chi connectivity index (χ3v) is 2.82. The molecule has 1 aromatic rings. The first-order valence-corrected chi connectivity index (χ1v) is 5.67. The van der Waals surface area contributed by atoms with E-state index in [1.54, 1.807) is 0 Å². The van der Waals surface area contributed by atoms with E-state index in [9.17, 15) is 5.11 Å². The van der Waals surface area contributed by atoms with E-state index in [0.29, 0.717) is 11.6 Å². The summed E-state index contributed by atoms with van der Waals surface area (Å²) in [6.45, 7) is 2.50. The van der Waals surface area contributed by atoms with Gasteiger partial charge in [0.05, 0.1) is 6.10 Å². The zero-order valence-corrected chi connectivity index (χ0v) is 10.3. The van der Waals surface area contributed by atoms with Crippen molar-refractivity contribution in [1.82, 2.24) is 0 Å². The van der Waals surface area contributed by atoms with Crippen molar-refractivity contribution in [3.8, 4) is 0 Å². The molecule has 2 nitrogen and oxygen atoms in total. The second-order valence-corrected chi connectivity index (χ2v) is 4.36. The molecule has 0 saturated carbocycles. The zero-order chi connectivity index (χ0) is 10.6. The average Bonchev–Trinajstić information content (AvgIpc) is 2.16. The Morgan fingerprint density at radius 2 is 2.29 bits per heavy atom. The van der Waals surface area contributed by atoms with E-state index in [4.69, 9.17) is 11.6 Å². The van der Waals surface area contributed by atoms with E-state index >= 15 is 0 Å². The molecule has 0 saturated heterocycles. The third kappa shape index (κ3) is 3.48. The summed E-state index contributed by atoms with van der Waals surface area (Å²) in [6, 6.07) is 5.52. The number of aliphatic hydroxyl groups excluding tert-OH is 1. The van der Waals surface area contributed by atoms with Crippen LogP contribution in [0, 0.1) is 0 Å². The second-order valence-electron chi connectivity index (χ2n) is 3.07. The van der Waals surface area contributed by atoms with Crippen LogP contribution in [0.3, 0.4) is 0 Å². The Balaban J connectivity index is 2.59. The highest BCUT2D eigenvalue weighted by Gasteiger charge is 2.03. The zero-order valence-electron chi connectivity index (χ0n) is 7.93. The van der Waals surface area contributed by atoms with E-state index in [0.717, 1.165) is 16.6 Å². The van der Waals surface area contributed by atoms with Crippen molar-refractivity contribution < 1.29 is 5.11 Å². The number of halogens is 2. The van der Waals surface area contributed by atoms with Gasteiger partial charge in [-0.3, -0.25) is 0 Å². The van der Waals surface area contributed by atoms with Gasteiger partial charge in [-0.2, -0.15) is 0 Å². The highest BCUT2D eigenvalue weighted by atomic mass is 79.9. The van der Waals surface area contributed by atoms with Gasteiger partial charge < -0.3 is 10.4 Å². The average molecular weight is 279 g/mol. The van der Waals surface area contributed by atoms with Crippen LogP contribution in [-0.4, -0.2) is 17.8 Å². The first kappa shape index (κ1) is 11.8. The highest BCUT2D eigenvalue weighted by molar-refractivity contribution is 9.10. The van der Waals surface area contributed by atoms with Crippen molar-refractivity contribution in [2.75, 3.05) is 11.9 Å². The fraction of sp³-hybridized carbons (Fsp3) is 0.400. The van der Waals surface area contributed by atoms with E-state index in [2.05, 4.69) is 21.2 Å². The minimum atomic E-state index is -0.308. The van der Waals surface area contributed by atoms with Crippen molar-refractivity contribution in [3.63, 3.8) is 0 Å². The number of hydrogen-bond donors (Lipinski definition) is 2. The van der Waals surface area contributed by atoms with E-state index in [1.807, 2.05) is 25.1 Å². The van der Waals surface area contributed by atoms with Crippen molar-refractivity contribution in [3.05, 3.63) is 27.7 Å². The molecule has 1 aromatic carbocycles. The molecule has 0 amide bonds. The maximum atomic E-state index is 9.36. The van der Waals surface area contributed by atoms with E-state index < -0.39 is 0 Å². The molecule has 1 rings (SSSR count). The summed E-state index contributed by atoms with van der Waals surface area (Å²) < 4.78 is 0.910. The number of nitrogens with one attached hydrogen (secondary N) is 1. The van der Waals surface area contributed by atoms with Crippen molar-refractivity contribution in [1.29, 1.82) is 0 Å². The lowest BCUT2D eigenvalue weighted by Crippen LogP contribution is -2.18. The summed E-state index contributed by atoms with van der Waals surface area (Å²) >= 11 is 9.19. The molecular formula is C10H13BrClNO. The Morgan fingerprint density at radius 1 is 1.57 bits per heavy atom. The minimum absolute atomic E-state index is 0.308. The molecule has 0 aromatic heterocycles. The van der Waals surface area contributed by atoms with Gasteiger partial charge in [-0.15, -0.1) is 0 Å². The van der Waals surface area contributed by atoms with Crippen LogP contribution in [0.5, 0.6) is 0 Å². The van der Waals surface area contributed by atoms with Crippen LogP contribution >= 0.6 is 27.5 Å². The predicted octanol–water partition coefficient (Wildman–Crippen LogP) is 3.29. The summed E-state index contributed by atoms with van der Waals surface area (Å²) in [5.41, 5.74) is 0.946. The van der Waals surface area contributed by atoms with Crippen molar-refractivity contribution in [2.24, 2.45) is 0 Å². The molecule has 4 heteroatoms. The molecular weight excluding hydrogens is 265 g/mol. The van der Waals surface area contributed by atoms with Crippen LogP contribution in [0.25, 0.3) is 0 Å². The summed E-state index contributed by atoms with van der Waals surface area (Å²) in [5.74, 6) is 0. The fourth-order valence-electron chi connectivity index (χ4n) is 1.00. The smallest absolute Gasteiger partial charge is 0.0709 e. The molecule has 0 aliphatic heterocycles. The molecule has 0 aliphatic rings. The molecule has 14 heavy (non-hydrogen) atoms. The van der Waals surface area contributed by atoms with Gasteiger partial charge in [0.2, 0.25) is 0 Å². The molecule has 0 spiro atoms. The Hall–Kier alpha value is -0.250. The maximum Gasteiger partial charge on any atom is 0.0709 e. The van der Waals surface area contributed by atoms with Crippen LogP contribution in [-0.2, 0) is 0 Å². The van der Waals surface area contributed by atoms with E-state index in [-0.39, 0.29) is 6.10 Å². The standard InChI is InChI=1S/C10H13BrClNO/c1-2-8(14)6-13-10-4-3-7(12)5-9(10)11/h3-5,8,13-14H,2,6H2,1H3. The SMILES string of the molecule is CCC(O)CNc1ccc(Cl)cc1Br. The molecule has 0 radical (unpaired) electrons.